The second kappa shape index (κ2) is 3.35. The van der Waals surface area contributed by atoms with Crippen molar-refractivity contribution in [2.45, 2.75) is 6.42 Å². The molecule has 0 amide bonds. The van der Waals surface area contributed by atoms with Gasteiger partial charge >= 0.3 is 0 Å². The summed E-state index contributed by atoms with van der Waals surface area (Å²) in [7, 11) is 0. The Morgan fingerprint density at radius 3 is 2.93 bits per heavy atom. The van der Waals surface area contributed by atoms with E-state index in [1.54, 1.807) is 6.07 Å². The maximum Gasteiger partial charge on any atom is 0.185 e. The first-order valence-electron chi connectivity index (χ1n) is 4.19. The van der Waals surface area contributed by atoms with Gasteiger partial charge in [-0.05, 0) is 6.07 Å². The molecule has 0 spiro atoms. The minimum absolute atomic E-state index is 0.199. The monoisotopic (exact) mass is 185 g/mol. The van der Waals surface area contributed by atoms with Crippen molar-refractivity contribution >= 4 is 17.3 Å². The fourth-order valence-electron chi connectivity index (χ4n) is 1.47. The fraction of sp³-hybridized carbons (Fsp3) is 0.0909. The van der Waals surface area contributed by atoms with E-state index in [0.717, 1.165) is 5.39 Å². The lowest BCUT2D eigenvalue weighted by Gasteiger charge is -1.89. The first-order valence-corrected chi connectivity index (χ1v) is 4.19. The van der Waals surface area contributed by atoms with Gasteiger partial charge in [0.15, 0.2) is 12.0 Å². The molecule has 0 saturated carbocycles. The van der Waals surface area contributed by atoms with Gasteiger partial charge in [-0.3, -0.25) is 4.79 Å². The molecule has 3 nitrogen and oxygen atoms in total. The molecular weight excluding hydrogens is 178 g/mol. The van der Waals surface area contributed by atoms with Crippen LogP contribution >= 0.6 is 0 Å². The normalized spacial score (nSPS) is 9.93. The topological polar surface area (TPSA) is 54.0 Å². The van der Waals surface area contributed by atoms with Gasteiger partial charge in [0, 0.05) is 10.9 Å². The van der Waals surface area contributed by atoms with Crippen molar-refractivity contribution in [1.82, 2.24) is 0 Å². The minimum Gasteiger partial charge on any atom is -0.453 e. The summed E-state index contributed by atoms with van der Waals surface area (Å²) in [6.07, 6.45) is 0.845. The van der Waals surface area contributed by atoms with Gasteiger partial charge in [0.2, 0.25) is 0 Å². The molecule has 1 aromatic carbocycles. The summed E-state index contributed by atoms with van der Waals surface area (Å²) in [4.78, 5) is 10.7. The number of nitrogens with zero attached hydrogens (tertiary/aromatic N) is 1. The van der Waals surface area contributed by atoms with Gasteiger partial charge in [-0.2, -0.15) is 5.26 Å². The predicted octanol–water partition coefficient (Wildman–Crippen LogP) is 2.31. The van der Waals surface area contributed by atoms with E-state index in [1.165, 1.54) is 0 Å². The van der Waals surface area contributed by atoms with E-state index in [2.05, 4.69) is 0 Å². The maximum atomic E-state index is 10.7. The summed E-state index contributed by atoms with van der Waals surface area (Å²) in [6.45, 7) is 0. The molecule has 0 aliphatic carbocycles. The lowest BCUT2D eigenvalue weighted by molar-refractivity contribution is 0.110. The molecule has 68 valence electrons. The number of furan rings is 1. The zero-order chi connectivity index (χ0) is 9.97. The third kappa shape index (κ3) is 1.17. The SMILES string of the molecule is N#CCc1c(C=O)oc2ccccc12. The molecule has 0 aliphatic rings. The van der Waals surface area contributed by atoms with Crippen molar-refractivity contribution in [2.24, 2.45) is 0 Å². The number of carbonyl (C=O) groups excluding carboxylic acids is 1. The summed E-state index contributed by atoms with van der Waals surface area (Å²) in [5, 5.41) is 9.45. The number of fused-ring (bicyclic) bond motifs is 1. The average Bonchev–Trinajstić information content (AvgIpc) is 2.58. The second-order valence-electron chi connectivity index (χ2n) is 2.89. The Morgan fingerprint density at radius 2 is 2.21 bits per heavy atom. The van der Waals surface area contributed by atoms with Crippen LogP contribution in [-0.2, 0) is 6.42 Å². The largest absolute Gasteiger partial charge is 0.453 e. The first kappa shape index (κ1) is 8.52. The molecule has 0 fully saturated rings. The number of carbonyl (C=O) groups is 1. The van der Waals surface area contributed by atoms with Gasteiger partial charge in [0.05, 0.1) is 12.5 Å². The van der Waals surface area contributed by atoms with Crippen LogP contribution in [0.1, 0.15) is 16.1 Å². The highest BCUT2D eigenvalue weighted by Gasteiger charge is 2.11. The quantitative estimate of drug-likeness (QED) is 0.674. The van der Waals surface area contributed by atoms with Crippen LogP contribution in [0.25, 0.3) is 11.0 Å². The van der Waals surface area contributed by atoms with Crippen molar-refractivity contribution in [3.8, 4) is 6.07 Å². The molecule has 2 aromatic rings. The number of hydrogen-bond donors (Lipinski definition) is 0. The van der Waals surface area contributed by atoms with Gasteiger partial charge in [-0.1, -0.05) is 18.2 Å². The van der Waals surface area contributed by atoms with Crippen molar-refractivity contribution in [1.29, 1.82) is 5.26 Å². The van der Waals surface area contributed by atoms with Crippen LogP contribution in [0.4, 0.5) is 0 Å². The van der Waals surface area contributed by atoms with Crippen molar-refractivity contribution in [3.63, 3.8) is 0 Å². The number of para-hydroxylation sites is 1. The third-order valence-electron chi connectivity index (χ3n) is 2.09. The molecule has 0 unspecified atom stereocenters. The van der Waals surface area contributed by atoms with E-state index in [4.69, 9.17) is 9.68 Å². The predicted molar refractivity (Wildman–Crippen MR) is 50.9 cm³/mol. The summed E-state index contributed by atoms with van der Waals surface area (Å²) in [5.41, 5.74) is 1.33. The van der Waals surface area contributed by atoms with E-state index in [-0.39, 0.29) is 12.2 Å². The Bertz CT molecular complexity index is 520. The molecule has 2 rings (SSSR count). The second-order valence-corrected chi connectivity index (χ2v) is 2.89. The van der Waals surface area contributed by atoms with Crippen LogP contribution in [0.3, 0.4) is 0 Å². The molecule has 0 radical (unpaired) electrons. The van der Waals surface area contributed by atoms with Crippen LogP contribution < -0.4 is 0 Å². The zero-order valence-electron chi connectivity index (χ0n) is 7.36. The summed E-state index contributed by atoms with van der Waals surface area (Å²) < 4.78 is 5.28. The fourth-order valence-corrected chi connectivity index (χ4v) is 1.47. The van der Waals surface area contributed by atoms with Gasteiger partial charge < -0.3 is 4.42 Å². The Labute approximate surface area is 80.6 Å². The molecule has 0 saturated heterocycles. The van der Waals surface area contributed by atoms with Crippen molar-refractivity contribution in [2.75, 3.05) is 0 Å². The average molecular weight is 185 g/mol. The summed E-state index contributed by atoms with van der Waals surface area (Å²) in [6, 6.07) is 9.33. The van der Waals surface area contributed by atoms with Gasteiger partial charge in [-0.15, -0.1) is 0 Å². The standard InChI is InChI=1S/C11H7NO2/c12-6-5-9-8-3-1-2-4-10(8)14-11(9)7-13/h1-4,7H,5H2. The molecule has 14 heavy (non-hydrogen) atoms. The van der Waals surface area contributed by atoms with E-state index in [0.29, 0.717) is 17.4 Å². The molecule has 0 N–H and O–H groups in total. The molecule has 3 heteroatoms. The van der Waals surface area contributed by atoms with Crippen molar-refractivity contribution in [3.05, 3.63) is 35.6 Å². The van der Waals surface area contributed by atoms with E-state index >= 15 is 0 Å². The van der Waals surface area contributed by atoms with Gasteiger partial charge in [0.1, 0.15) is 5.58 Å². The maximum absolute atomic E-state index is 10.7. The highest BCUT2D eigenvalue weighted by atomic mass is 16.3. The van der Waals surface area contributed by atoms with Crippen LogP contribution in [-0.4, -0.2) is 6.29 Å². The molecule has 1 aromatic heterocycles. The Balaban J connectivity index is 2.75. The van der Waals surface area contributed by atoms with Crippen LogP contribution in [0.15, 0.2) is 28.7 Å². The third-order valence-corrected chi connectivity index (χ3v) is 2.09. The van der Waals surface area contributed by atoms with E-state index in [9.17, 15) is 4.79 Å². The highest BCUT2D eigenvalue weighted by Crippen LogP contribution is 2.24. The van der Waals surface area contributed by atoms with Crippen LogP contribution in [0.2, 0.25) is 0 Å². The lowest BCUT2D eigenvalue weighted by atomic mass is 10.1. The Hall–Kier alpha value is -2.08. The number of aldehydes is 1. The number of hydrogen-bond acceptors (Lipinski definition) is 3. The van der Waals surface area contributed by atoms with Gasteiger partial charge in [-0.25, -0.2) is 0 Å². The molecule has 0 atom stereocenters. The number of benzene rings is 1. The Kier molecular flexibility index (Phi) is 2.04. The lowest BCUT2D eigenvalue weighted by Crippen LogP contribution is -1.85. The molecule has 1 heterocycles. The minimum atomic E-state index is 0.199. The Morgan fingerprint density at radius 1 is 1.43 bits per heavy atom. The number of rotatable bonds is 2. The summed E-state index contributed by atoms with van der Waals surface area (Å²) >= 11 is 0. The van der Waals surface area contributed by atoms with Crippen LogP contribution in [0, 0.1) is 11.3 Å². The zero-order valence-corrected chi connectivity index (χ0v) is 7.36. The first-order chi connectivity index (χ1) is 6.86. The van der Waals surface area contributed by atoms with E-state index < -0.39 is 0 Å². The number of nitriles is 1. The summed E-state index contributed by atoms with van der Waals surface area (Å²) in [5.74, 6) is 0.257. The van der Waals surface area contributed by atoms with Crippen LogP contribution in [0.5, 0.6) is 0 Å². The van der Waals surface area contributed by atoms with Crippen molar-refractivity contribution < 1.29 is 9.21 Å². The van der Waals surface area contributed by atoms with Gasteiger partial charge in [0.25, 0.3) is 0 Å². The molecule has 0 bridgehead atoms. The smallest absolute Gasteiger partial charge is 0.185 e. The molecular formula is C11H7NO2. The van der Waals surface area contributed by atoms with E-state index in [1.807, 2.05) is 24.3 Å². The highest BCUT2D eigenvalue weighted by molar-refractivity contribution is 5.89. The molecule has 0 aliphatic heterocycles.